The molecule has 2 aromatic rings. The monoisotopic (exact) mass is 307 g/mol. The van der Waals surface area contributed by atoms with Gasteiger partial charge in [-0.15, -0.1) is 21.5 Å². The van der Waals surface area contributed by atoms with Crippen molar-refractivity contribution in [2.75, 3.05) is 5.32 Å². The van der Waals surface area contributed by atoms with Gasteiger partial charge in [0.15, 0.2) is 0 Å². The second-order valence-corrected chi connectivity index (χ2v) is 6.58. The van der Waals surface area contributed by atoms with Gasteiger partial charge in [-0.25, -0.2) is 0 Å². The van der Waals surface area contributed by atoms with Gasteiger partial charge in [0.1, 0.15) is 0 Å². The molecule has 0 radical (unpaired) electrons. The number of aryl methyl sites for hydroxylation is 2. The van der Waals surface area contributed by atoms with Crippen LogP contribution < -0.4 is 5.32 Å². The van der Waals surface area contributed by atoms with Crippen molar-refractivity contribution in [2.45, 2.75) is 33.0 Å². The Morgan fingerprint density at radius 2 is 1.89 bits per heavy atom. The zero-order valence-electron chi connectivity index (χ0n) is 10.5. The van der Waals surface area contributed by atoms with Crippen LogP contribution in [0.4, 0.5) is 18.3 Å². The van der Waals surface area contributed by atoms with Crippen molar-refractivity contribution in [2.24, 2.45) is 0 Å². The molecule has 0 aliphatic heterocycles. The molecule has 0 bridgehead atoms. The van der Waals surface area contributed by atoms with Crippen LogP contribution in [0.25, 0.3) is 0 Å². The molecule has 0 spiro atoms. The van der Waals surface area contributed by atoms with Crippen LogP contribution in [0.5, 0.6) is 0 Å². The number of thiophene rings is 1. The number of aromatic nitrogens is 2. The Hall–Kier alpha value is -1.15. The summed E-state index contributed by atoms with van der Waals surface area (Å²) in [6.45, 7) is 5.89. The average molecular weight is 307 g/mol. The predicted molar refractivity (Wildman–Crippen MR) is 70.7 cm³/mol. The lowest BCUT2D eigenvalue weighted by atomic mass is 10.1. The van der Waals surface area contributed by atoms with Crippen LogP contribution in [-0.2, 0) is 6.18 Å². The van der Waals surface area contributed by atoms with Gasteiger partial charge in [-0.3, -0.25) is 0 Å². The SMILES string of the molecule is Cc1cc(C(C)Nc2nnc(C(F)(F)F)s2)c(C)s1. The van der Waals surface area contributed by atoms with Gasteiger partial charge in [0.2, 0.25) is 10.1 Å². The molecule has 19 heavy (non-hydrogen) atoms. The van der Waals surface area contributed by atoms with Gasteiger partial charge in [0.05, 0.1) is 6.04 Å². The molecule has 8 heteroatoms. The predicted octanol–water partition coefficient (Wildman–Crippen LogP) is 4.41. The second-order valence-electron chi connectivity index (χ2n) is 4.14. The van der Waals surface area contributed by atoms with Crippen molar-refractivity contribution in [3.05, 3.63) is 26.4 Å². The third kappa shape index (κ3) is 3.24. The van der Waals surface area contributed by atoms with Crippen molar-refractivity contribution in [3.8, 4) is 0 Å². The Bertz CT molecular complexity index is 574. The van der Waals surface area contributed by atoms with E-state index < -0.39 is 11.2 Å². The smallest absolute Gasteiger partial charge is 0.354 e. The van der Waals surface area contributed by atoms with E-state index in [0.717, 1.165) is 10.4 Å². The highest BCUT2D eigenvalue weighted by atomic mass is 32.1. The summed E-state index contributed by atoms with van der Waals surface area (Å²) in [5.74, 6) is 0. The molecule has 1 atom stereocenters. The van der Waals surface area contributed by atoms with Crippen LogP contribution in [0.15, 0.2) is 6.07 Å². The largest absolute Gasteiger partial charge is 0.445 e. The summed E-state index contributed by atoms with van der Waals surface area (Å²) >= 11 is 2.19. The minimum atomic E-state index is -4.43. The lowest BCUT2D eigenvalue weighted by molar-refractivity contribution is -0.138. The lowest BCUT2D eigenvalue weighted by Crippen LogP contribution is -2.06. The summed E-state index contributed by atoms with van der Waals surface area (Å²) in [7, 11) is 0. The third-order valence-corrected chi connectivity index (χ3v) is 4.43. The number of nitrogens with zero attached hydrogens (tertiary/aromatic N) is 2. The van der Waals surface area contributed by atoms with Gasteiger partial charge in [-0.1, -0.05) is 11.3 Å². The molecule has 0 saturated carbocycles. The van der Waals surface area contributed by atoms with Crippen LogP contribution in [0.2, 0.25) is 0 Å². The van der Waals surface area contributed by atoms with Gasteiger partial charge in [0, 0.05) is 9.75 Å². The number of halogens is 3. The van der Waals surface area contributed by atoms with E-state index in [4.69, 9.17) is 0 Å². The van der Waals surface area contributed by atoms with Crippen molar-refractivity contribution < 1.29 is 13.2 Å². The maximum absolute atomic E-state index is 12.4. The van der Waals surface area contributed by atoms with E-state index in [1.165, 1.54) is 4.88 Å². The van der Waals surface area contributed by atoms with Crippen LogP contribution in [0.3, 0.4) is 0 Å². The maximum Gasteiger partial charge on any atom is 0.445 e. The van der Waals surface area contributed by atoms with Crippen molar-refractivity contribution in [1.29, 1.82) is 0 Å². The summed E-state index contributed by atoms with van der Waals surface area (Å²) in [5.41, 5.74) is 1.08. The number of anilines is 1. The molecule has 0 amide bonds. The zero-order chi connectivity index (χ0) is 14.2. The van der Waals surface area contributed by atoms with Crippen LogP contribution in [0, 0.1) is 13.8 Å². The third-order valence-electron chi connectivity index (χ3n) is 2.55. The Kier molecular flexibility index (Phi) is 3.82. The van der Waals surface area contributed by atoms with E-state index >= 15 is 0 Å². The maximum atomic E-state index is 12.4. The van der Waals surface area contributed by atoms with Gasteiger partial charge < -0.3 is 5.32 Å². The molecular weight excluding hydrogens is 295 g/mol. The Balaban J connectivity index is 2.13. The fourth-order valence-corrected chi connectivity index (χ4v) is 3.46. The average Bonchev–Trinajstić information content (AvgIpc) is 2.84. The van der Waals surface area contributed by atoms with Crippen LogP contribution >= 0.6 is 22.7 Å². The standard InChI is InChI=1S/C11H12F3N3S2/c1-5-4-8(7(3)18-5)6(2)15-10-17-16-9(19-10)11(12,13)14/h4,6H,1-3H3,(H,15,17). The minimum Gasteiger partial charge on any atom is -0.354 e. The fourth-order valence-electron chi connectivity index (χ4n) is 1.74. The number of hydrogen-bond acceptors (Lipinski definition) is 5. The van der Waals surface area contributed by atoms with E-state index in [1.807, 2.05) is 26.8 Å². The molecule has 0 aliphatic rings. The van der Waals surface area contributed by atoms with E-state index in [9.17, 15) is 13.2 Å². The summed E-state index contributed by atoms with van der Waals surface area (Å²) in [6.07, 6.45) is -4.43. The van der Waals surface area contributed by atoms with Crippen molar-refractivity contribution in [1.82, 2.24) is 10.2 Å². The summed E-state index contributed by atoms with van der Waals surface area (Å²) in [5, 5.41) is 8.88. The highest BCUT2D eigenvalue weighted by Gasteiger charge is 2.35. The molecule has 2 heterocycles. The molecule has 2 rings (SSSR count). The first kappa shape index (κ1) is 14.3. The summed E-state index contributed by atoms with van der Waals surface area (Å²) in [4.78, 5) is 2.33. The van der Waals surface area contributed by atoms with Gasteiger partial charge >= 0.3 is 6.18 Å². The number of alkyl halides is 3. The Morgan fingerprint density at radius 3 is 2.37 bits per heavy atom. The molecular formula is C11H12F3N3S2. The highest BCUT2D eigenvalue weighted by Crippen LogP contribution is 2.35. The van der Waals surface area contributed by atoms with Crippen molar-refractivity contribution >= 4 is 27.8 Å². The van der Waals surface area contributed by atoms with E-state index in [-0.39, 0.29) is 11.2 Å². The first-order chi connectivity index (χ1) is 8.77. The quantitative estimate of drug-likeness (QED) is 0.913. The molecule has 0 fully saturated rings. The zero-order valence-corrected chi connectivity index (χ0v) is 12.1. The molecule has 3 nitrogen and oxygen atoms in total. The van der Waals surface area contributed by atoms with Gasteiger partial charge in [0.25, 0.3) is 0 Å². The Morgan fingerprint density at radius 1 is 1.21 bits per heavy atom. The summed E-state index contributed by atoms with van der Waals surface area (Å²) in [6, 6.07) is 1.93. The van der Waals surface area contributed by atoms with Crippen molar-refractivity contribution in [3.63, 3.8) is 0 Å². The number of hydrogen-bond donors (Lipinski definition) is 1. The molecule has 1 unspecified atom stereocenters. The van der Waals surface area contributed by atoms with Crippen LogP contribution in [-0.4, -0.2) is 10.2 Å². The minimum absolute atomic E-state index is 0.0982. The van der Waals surface area contributed by atoms with E-state index in [1.54, 1.807) is 11.3 Å². The van der Waals surface area contributed by atoms with Gasteiger partial charge in [-0.2, -0.15) is 13.2 Å². The normalized spacial score (nSPS) is 13.6. The topological polar surface area (TPSA) is 37.8 Å². The first-order valence-electron chi connectivity index (χ1n) is 5.51. The second kappa shape index (κ2) is 5.09. The highest BCUT2D eigenvalue weighted by molar-refractivity contribution is 7.15. The Labute approximate surface area is 116 Å². The fraction of sp³-hybridized carbons (Fsp3) is 0.455. The van der Waals surface area contributed by atoms with Gasteiger partial charge in [-0.05, 0) is 32.4 Å². The molecule has 0 aromatic carbocycles. The molecule has 0 saturated heterocycles. The molecule has 0 aliphatic carbocycles. The molecule has 104 valence electrons. The number of nitrogens with one attached hydrogen (secondary N) is 1. The molecule has 1 N–H and O–H groups in total. The lowest BCUT2D eigenvalue weighted by Gasteiger charge is -2.12. The van der Waals surface area contributed by atoms with Crippen LogP contribution in [0.1, 0.15) is 33.3 Å². The van der Waals surface area contributed by atoms with E-state index in [0.29, 0.717) is 11.3 Å². The summed E-state index contributed by atoms with van der Waals surface area (Å²) < 4.78 is 37.2. The first-order valence-corrected chi connectivity index (χ1v) is 7.15. The van der Waals surface area contributed by atoms with E-state index in [2.05, 4.69) is 15.5 Å². The number of rotatable bonds is 3. The molecule has 2 aromatic heterocycles.